The van der Waals surface area contributed by atoms with E-state index in [4.69, 9.17) is 18.0 Å². The van der Waals surface area contributed by atoms with E-state index in [0.29, 0.717) is 10.7 Å². The number of nitrogens with one attached hydrogen (secondary N) is 1. The van der Waals surface area contributed by atoms with Gasteiger partial charge in [0.25, 0.3) is 5.91 Å². The number of carbonyl (C=O) groups excluding carboxylic acids is 1. The number of nitrogens with two attached hydrogens (primary N) is 1. The highest BCUT2D eigenvalue weighted by atomic mass is 32.1. The van der Waals surface area contributed by atoms with Crippen LogP contribution in [0.15, 0.2) is 18.3 Å². The lowest BCUT2D eigenvalue weighted by molar-refractivity contribution is 0.0911. The van der Waals surface area contributed by atoms with Crippen molar-refractivity contribution in [1.29, 1.82) is 0 Å². The summed E-state index contributed by atoms with van der Waals surface area (Å²) in [4.78, 5) is 17.0. The summed E-state index contributed by atoms with van der Waals surface area (Å²) in [6.45, 7) is 1.88. The van der Waals surface area contributed by atoms with Crippen molar-refractivity contribution in [3.05, 3.63) is 29.6 Å². The minimum atomic E-state index is -0.549. The van der Waals surface area contributed by atoms with E-state index >= 15 is 0 Å². The normalized spacial score (nSPS) is 18.1. The molecular weight excluding hydrogens is 270 g/mol. The second-order valence-corrected chi connectivity index (χ2v) is 5.92. The highest BCUT2D eigenvalue weighted by Crippen LogP contribution is 2.28. The van der Waals surface area contributed by atoms with E-state index < -0.39 is 5.54 Å². The first kappa shape index (κ1) is 14.9. The molecule has 0 atom stereocenters. The van der Waals surface area contributed by atoms with Crippen LogP contribution in [0, 0.1) is 6.92 Å². The van der Waals surface area contributed by atoms with Crippen molar-refractivity contribution in [1.82, 2.24) is 10.3 Å². The zero-order valence-electron chi connectivity index (χ0n) is 11.8. The second kappa shape index (κ2) is 6.31. The van der Waals surface area contributed by atoms with Crippen LogP contribution in [-0.4, -0.2) is 21.4 Å². The first-order chi connectivity index (χ1) is 9.55. The third-order valence-electron chi connectivity index (χ3n) is 4.01. The molecule has 0 bridgehead atoms. The van der Waals surface area contributed by atoms with Crippen molar-refractivity contribution in [3.63, 3.8) is 0 Å². The summed E-state index contributed by atoms with van der Waals surface area (Å²) in [5.41, 5.74) is 6.69. The van der Waals surface area contributed by atoms with Gasteiger partial charge in [-0.25, -0.2) is 0 Å². The lowest BCUT2D eigenvalue weighted by atomic mass is 9.89. The van der Waals surface area contributed by atoms with E-state index in [1.807, 2.05) is 19.1 Å². The molecule has 1 amide bonds. The molecule has 1 aromatic rings. The molecule has 1 aromatic heterocycles. The number of hydrogen-bond donors (Lipinski definition) is 2. The van der Waals surface area contributed by atoms with Crippen molar-refractivity contribution >= 4 is 23.1 Å². The maximum absolute atomic E-state index is 12.5. The Morgan fingerprint density at radius 3 is 2.55 bits per heavy atom. The third-order valence-corrected chi connectivity index (χ3v) is 4.40. The molecule has 5 heteroatoms. The number of rotatable bonds is 3. The molecule has 4 nitrogen and oxygen atoms in total. The van der Waals surface area contributed by atoms with Crippen molar-refractivity contribution in [2.24, 2.45) is 5.73 Å². The lowest BCUT2D eigenvalue weighted by Gasteiger charge is -2.32. The van der Waals surface area contributed by atoms with Crippen LogP contribution in [0.25, 0.3) is 0 Å². The van der Waals surface area contributed by atoms with Gasteiger partial charge in [0.2, 0.25) is 0 Å². The number of aromatic nitrogens is 1. The predicted octanol–water partition coefficient (Wildman–Crippen LogP) is 2.50. The van der Waals surface area contributed by atoms with Crippen LogP contribution in [0.5, 0.6) is 0 Å². The molecule has 0 spiro atoms. The molecule has 0 aliphatic heterocycles. The number of pyridine rings is 1. The number of aryl methyl sites for hydroxylation is 1. The molecule has 0 saturated heterocycles. The average Bonchev–Trinajstić information content (AvgIpc) is 2.65. The van der Waals surface area contributed by atoms with Gasteiger partial charge in [0.1, 0.15) is 5.69 Å². The summed E-state index contributed by atoms with van der Waals surface area (Å²) in [6, 6.07) is 3.70. The molecule has 1 aliphatic rings. The van der Waals surface area contributed by atoms with Crippen LogP contribution in [0.1, 0.15) is 54.6 Å². The van der Waals surface area contributed by atoms with Gasteiger partial charge in [-0.1, -0.05) is 44.0 Å². The molecule has 1 heterocycles. The second-order valence-electron chi connectivity index (χ2n) is 5.48. The number of nitrogens with zero attached hydrogens (tertiary/aromatic N) is 1. The number of thiocarbonyl (C=S) groups is 1. The Kier molecular flexibility index (Phi) is 4.70. The Balaban J connectivity index is 2.22. The monoisotopic (exact) mass is 291 g/mol. The molecule has 0 radical (unpaired) electrons. The van der Waals surface area contributed by atoms with E-state index in [1.165, 1.54) is 12.8 Å². The summed E-state index contributed by atoms with van der Waals surface area (Å²) >= 11 is 5.23. The molecule has 3 N–H and O–H groups in total. The summed E-state index contributed by atoms with van der Waals surface area (Å²) in [5.74, 6) is -0.183. The molecule has 1 fully saturated rings. The molecule has 1 saturated carbocycles. The minimum absolute atomic E-state index is 0.183. The first-order valence-electron chi connectivity index (χ1n) is 7.09. The van der Waals surface area contributed by atoms with Gasteiger partial charge < -0.3 is 11.1 Å². The van der Waals surface area contributed by atoms with Crippen LogP contribution in [0.4, 0.5) is 0 Å². The fraction of sp³-hybridized carbons (Fsp3) is 0.533. The van der Waals surface area contributed by atoms with Crippen molar-refractivity contribution in [2.45, 2.75) is 51.0 Å². The van der Waals surface area contributed by atoms with Crippen molar-refractivity contribution < 1.29 is 4.79 Å². The maximum atomic E-state index is 12.5. The Morgan fingerprint density at radius 2 is 2.00 bits per heavy atom. The number of amides is 1. The third kappa shape index (κ3) is 3.15. The number of carbonyl (C=O) groups is 1. The van der Waals surface area contributed by atoms with Gasteiger partial charge in [-0.05, 0) is 31.4 Å². The highest BCUT2D eigenvalue weighted by Gasteiger charge is 2.36. The van der Waals surface area contributed by atoms with Crippen LogP contribution >= 0.6 is 12.2 Å². The minimum Gasteiger partial charge on any atom is -0.391 e. The van der Waals surface area contributed by atoms with Crippen LogP contribution in [-0.2, 0) is 0 Å². The Bertz CT molecular complexity index is 508. The molecule has 0 aromatic carbocycles. The first-order valence-corrected chi connectivity index (χ1v) is 7.50. The van der Waals surface area contributed by atoms with Gasteiger partial charge in [-0.15, -0.1) is 0 Å². The van der Waals surface area contributed by atoms with Gasteiger partial charge in [-0.3, -0.25) is 9.78 Å². The molecule has 2 rings (SSSR count). The van der Waals surface area contributed by atoms with Gasteiger partial charge in [-0.2, -0.15) is 0 Å². The molecule has 1 aliphatic carbocycles. The smallest absolute Gasteiger partial charge is 0.270 e. The predicted molar refractivity (Wildman–Crippen MR) is 83.7 cm³/mol. The summed E-state index contributed by atoms with van der Waals surface area (Å²) in [6.07, 6.45) is 7.69. The van der Waals surface area contributed by atoms with E-state index in [9.17, 15) is 4.79 Å². The number of hydrogen-bond acceptors (Lipinski definition) is 3. The fourth-order valence-electron chi connectivity index (χ4n) is 2.77. The van der Waals surface area contributed by atoms with Gasteiger partial charge >= 0.3 is 0 Å². The molecular formula is C15H21N3OS. The summed E-state index contributed by atoms with van der Waals surface area (Å²) in [5, 5.41) is 3.06. The van der Waals surface area contributed by atoms with E-state index in [-0.39, 0.29) is 5.91 Å². The van der Waals surface area contributed by atoms with E-state index in [1.54, 1.807) is 6.20 Å². The largest absolute Gasteiger partial charge is 0.391 e. The van der Waals surface area contributed by atoms with E-state index in [0.717, 1.165) is 31.2 Å². The summed E-state index contributed by atoms with van der Waals surface area (Å²) in [7, 11) is 0. The van der Waals surface area contributed by atoms with Gasteiger partial charge in [0.05, 0.1) is 10.5 Å². The maximum Gasteiger partial charge on any atom is 0.270 e. The van der Waals surface area contributed by atoms with Gasteiger partial charge in [0.15, 0.2) is 0 Å². The average molecular weight is 291 g/mol. The highest BCUT2D eigenvalue weighted by molar-refractivity contribution is 7.80. The van der Waals surface area contributed by atoms with Crippen LogP contribution < -0.4 is 11.1 Å². The zero-order valence-corrected chi connectivity index (χ0v) is 12.6. The fourth-order valence-corrected chi connectivity index (χ4v) is 3.02. The SMILES string of the molecule is Cc1cccnc1C(=O)NC1(C(N)=S)CCCCCC1. The van der Waals surface area contributed by atoms with Crippen molar-refractivity contribution in [2.75, 3.05) is 0 Å². The van der Waals surface area contributed by atoms with Crippen LogP contribution in [0.2, 0.25) is 0 Å². The van der Waals surface area contributed by atoms with E-state index in [2.05, 4.69) is 10.3 Å². The van der Waals surface area contributed by atoms with Crippen LogP contribution in [0.3, 0.4) is 0 Å². The quantitative estimate of drug-likeness (QED) is 0.663. The van der Waals surface area contributed by atoms with Gasteiger partial charge in [0, 0.05) is 6.20 Å². The zero-order chi connectivity index (χ0) is 14.6. The van der Waals surface area contributed by atoms with Crippen molar-refractivity contribution in [3.8, 4) is 0 Å². The Morgan fingerprint density at radius 1 is 1.35 bits per heavy atom. The molecule has 20 heavy (non-hydrogen) atoms. The standard InChI is InChI=1S/C15H21N3OS/c1-11-7-6-10-17-12(11)13(19)18-15(14(16)20)8-4-2-3-5-9-15/h6-7,10H,2-5,8-9H2,1H3,(H2,16,20)(H,18,19). The topological polar surface area (TPSA) is 68.0 Å². The molecule has 0 unspecified atom stereocenters. The summed E-state index contributed by atoms with van der Waals surface area (Å²) < 4.78 is 0. The molecule has 108 valence electrons. The Hall–Kier alpha value is -1.49. The lowest BCUT2D eigenvalue weighted by Crippen LogP contribution is -2.56. The Labute approximate surface area is 125 Å².